The Kier molecular flexibility index (Phi) is 11.2. The highest BCUT2D eigenvalue weighted by Gasteiger charge is 2.10. The summed E-state index contributed by atoms with van der Waals surface area (Å²) in [5, 5.41) is 6.48. The fourth-order valence-corrected chi connectivity index (χ4v) is 3.49. The average molecular weight is 545 g/mol. The lowest BCUT2D eigenvalue weighted by Gasteiger charge is -2.18. The smallest absolute Gasteiger partial charge is 0.191 e. The van der Waals surface area contributed by atoms with Crippen LogP contribution in [0.25, 0.3) is 0 Å². The molecule has 8 heteroatoms. The molecular formula is C22H32IN3O3S. The van der Waals surface area contributed by atoms with E-state index in [1.54, 1.807) is 0 Å². The molecule has 0 saturated carbocycles. The van der Waals surface area contributed by atoms with Crippen molar-refractivity contribution in [2.75, 3.05) is 18.6 Å². The van der Waals surface area contributed by atoms with Crippen molar-refractivity contribution in [3.8, 4) is 11.5 Å². The highest BCUT2D eigenvalue weighted by Crippen LogP contribution is 2.28. The molecule has 30 heavy (non-hydrogen) atoms. The van der Waals surface area contributed by atoms with E-state index < -0.39 is 9.84 Å². The summed E-state index contributed by atoms with van der Waals surface area (Å²) in [5.74, 6) is 2.39. The van der Waals surface area contributed by atoms with E-state index in [-0.39, 0.29) is 35.8 Å². The van der Waals surface area contributed by atoms with Gasteiger partial charge in [-0.2, -0.15) is 0 Å². The number of ether oxygens (including phenoxy) is 1. The van der Waals surface area contributed by atoms with Crippen molar-refractivity contribution in [1.82, 2.24) is 10.6 Å². The van der Waals surface area contributed by atoms with E-state index in [2.05, 4.69) is 15.6 Å². The Morgan fingerprint density at radius 2 is 1.73 bits per heavy atom. The maximum Gasteiger partial charge on any atom is 0.191 e. The molecule has 2 rings (SSSR count). The molecule has 0 radical (unpaired) electrons. The third kappa shape index (κ3) is 9.34. The minimum atomic E-state index is -2.98. The summed E-state index contributed by atoms with van der Waals surface area (Å²) in [6.45, 7) is 7.12. The molecule has 0 saturated heterocycles. The third-order valence-electron chi connectivity index (χ3n) is 4.34. The van der Waals surface area contributed by atoms with Gasteiger partial charge < -0.3 is 15.4 Å². The molecule has 0 fully saturated rings. The van der Waals surface area contributed by atoms with Gasteiger partial charge in [0.05, 0.1) is 12.3 Å². The van der Waals surface area contributed by atoms with Gasteiger partial charge in [0, 0.05) is 24.4 Å². The van der Waals surface area contributed by atoms with E-state index in [1.165, 1.54) is 6.26 Å². The molecule has 0 heterocycles. The molecular weight excluding hydrogens is 513 g/mol. The molecule has 0 aliphatic carbocycles. The molecule has 0 bridgehead atoms. The number of nitrogens with one attached hydrogen (secondary N) is 2. The van der Waals surface area contributed by atoms with Gasteiger partial charge in [-0.3, -0.25) is 0 Å². The van der Waals surface area contributed by atoms with Gasteiger partial charge in [0.25, 0.3) is 0 Å². The molecule has 2 aromatic carbocycles. The minimum absolute atomic E-state index is 0. The predicted molar refractivity (Wildman–Crippen MR) is 135 cm³/mol. The Labute approximate surface area is 197 Å². The molecule has 6 nitrogen and oxygen atoms in total. The Hall–Kier alpha value is -1.81. The van der Waals surface area contributed by atoms with Gasteiger partial charge in [-0.15, -0.1) is 24.0 Å². The van der Waals surface area contributed by atoms with E-state index in [0.29, 0.717) is 25.5 Å². The van der Waals surface area contributed by atoms with Crippen molar-refractivity contribution in [3.05, 3.63) is 59.7 Å². The predicted octanol–water partition coefficient (Wildman–Crippen LogP) is 4.28. The van der Waals surface area contributed by atoms with E-state index in [0.717, 1.165) is 22.6 Å². The van der Waals surface area contributed by atoms with Crippen LogP contribution in [0.5, 0.6) is 11.5 Å². The number of benzene rings is 2. The largest absolute Gasteiger partial charge is 0.457 e. The van der Waals surface area contributed by atoms with Gasteiger partial charge in [-0.25, -0.2) is 13.4 Å². The number of aryl methyl sites for hydroxylation is 1. The number of nitrogens with zero attached hydrogens (tertiary/aromatic N) is 1. The van der Waals surface area contributed by atoms with Gasteiger partial charge in [0.2, 0.25) is 0 Å². The van der Waals surface area contributed by atoms with E-state index in [9.17, 15) is 8.42 Å². The van der Waals surface area contributed by atoms with Gasteiger partial charge in [0.15, 0.2) is 5.96 Å². The zero-order valence-electron chi connectivity index (χ0n) is 18.0. The van der Waals surface area contributed by atoms with Gasteiger partial charge in [-0.1, -0.05) is 36.4 Å². The van der Waals surface area contributed by atoms with Gasteiger partial charge in [0.1, 0.15) is 21.3 Å². The van der Waals surface area contributed by atoms with E-state index >= 15 is 0 Å². The number of guanidine groups is 1. The number of para-hydroxylation sites is 2. The summed E-state index contributed by atoms with van der Waals surface area (Å²) in [7, 11) is -2.98. The topological polar surface area (TPSA) is 79.8 Å². The average Bonchev–Trinajstić information content (AvgIpc) is 2.67. The molecule has 0 aliphatic heterocycles. The second-order valence-electron chi connectivity index (χ2n) is 7.13. The van der Waals surface area contributed by atoms with Crippen LogP contribution in [0.1, 0.15) is 31.4 Å². The molecule has 0 amide bonds. The Bertz CT molecular complexity index is 933. The lowest BCUT2D eigenvalue weighted by molar-refractivity contribution is 0.472. The zero-order valence-corrected chi connectivity index (χ0v) is 21.2. The van der Waals surface area contributed by atoms with Crippen molar-refractivity contribution in [1.29, 1.82) is 0 Å². The number of aliphatic imine (C=N–C) groups is 1. The monoisotopic (exact) mass is 545 g/mol. The van der Waals surface area contributed by atoms with E-state index in [4.69, 9.17) is 4.74 Å². The van der Waals surface area contributed by atoms with Crippen LogP contribution in [0.4, 0.5) is 0 Å². The highest BCUT2D eigenvalue weighted by molar-refractivity contribution is 14.0. The first-order valence-electron chi connectivity index (χ1n) is 9.82. The molecule has 1 atom stereocenters. The van der Waals surface area contributed by atoms with Gasteiger partial charge in [-0.05, 0) is 44.9 Å². The summed E-state index contributed by atoms with van der Waals surface area (Å²) in [5.41, 5.74) is 2.04. The SMILES string of the molecule is CCNC(=NCc1ccccc1Oc1ccccc1C)NC(C)CCS(C)(=O)=O.I. The standard InChI is InChI=1S/C22H31N3O3S.HI/c1-5-23-22(25-18(3)14-15-29(4,26)27)24-16-19-11-7-9-13-21(19)28-20-12-8-6-10-17(20)2;/h6-13,18H,5,14-16H2,1-4H3,(H2,23,24,25);1H. The number of sulfone groups is 1. The lowest BCUT2D eigenvalue weighted by atomic mass is 10.2. The van der Waals surface area contributed by atoms with Crippen LogP contribution >= 0.6 is 24.0 Å². The van der Waals surface area contributed by atoms with Crippen molar-refractivity contribution < 1.29 is 13.2 Å². The van der Waals surface area contributed by atoms with E-state index in [1.807, 2.05) is 69.3 Å². The van der Waals surface area contributed by atoms with Gasteiger partial charge >= 0.3 is 0 Å². The first-order valence-corrected chi connectivity index (χ1v) is 11.9. The summed E-state index contributed by atoms with van der Waals surface area (Å²) in [4.78, 5) is 4.66. The Morgan fingerprint density at radius 3 is 2.37 bits per heavy atom. The van der Waals surface area contributed by atoms with Crippen LogP contribution < -0.4 is 15.4 Å². The highest BCUT2D eigenvalue weighted by atomic mass is 127. The molecule has 2 aromatic rings. The maximum atomic E-state index is 11.4. The van der Waals surface area contributed by atoms with Crippen LogP contribution in [0, 0.1) is 6.92 Å². The van der Waals surface area contributed by atoms with Crippen LogP contribution in [0.2, 0.25) is 0 Å². The summed E-state index contributed by atoms with van der Waals surface area (Å²) >= 11 is 0. The third-order valence-corrected chi connectivity index (χ3v) is 5.32. The van der Waals surface area contributed by atoms with Crippen LogP contribution in [-0.4, -0.2) is 39.0 Å². The summed E-state index contributed by atoms with van der Waals surface area (Å²) in [6, 6.07) is 15.7. The normalized spacial score (nSPS) is 12.6. The van der Waals surface area contributed by atoms with Crippen LogP contribution in [0.3, 0.4) is 0 Å². The second-order valence-corrected chi connectivity index (χ2v) is 9.39. The van der Waals surface area contributed by atoms with Crippen molar-refractivity contribution in [2.24, 2.45) is 4.99 Å². The number of hydrogen-bond donors (Lipinski definition) is 2. The first kappa shape index (κ1) is 26.2. The quantitative estimate of drug-likeness (QED) is 0.279. The minimum Gasteiger partial charge on any atom is -0.457 e. The molecule has 0 aliphatic rings. The van der Waals surface area contributed by atoms with Crippen molar-refractivity contribution in [2.45, 2.75) is 39.8 Å². The first-order chi connectivity index (χ1) is 13.8. The number of halogens is 1. The fraction of sp³-hybridized carbons (Fsp3) is 0.409. The summed E-state index contributed by atoms with van der Waals surface area (Å²) < 4.78 is 28.9. The van der Waals surface area contributed by atoms with Crippen molar-refractivity contribution >= 4 is 39.8 Å². The van der Waals surface area contributed by atoms with Crippen molar-refractivity contribution in [3.63, 3.8) is 0 Å². The Balaban J connectivity index is 0.00000450. The second kappa shape index (κ2) is 12.8. The van der Waals surface area contributed by atoms with Crippen LogP contribution in [-0.2, 0) is 16.4 Å². The number of rotatable bonds is 9. The molecule has 166 valence electrons. The zero-order chi connectivity index (χ0) is 21.3. The Morgan fingerprint density at radius 1 is 1.10 bits per heavy atom. The molecule has 2 N–H and O–H groups in total. The lowest BCUT2D eigenvalue weighted by Crippen LogP contribution is -2.42. The maximum absolute atomic E-state index is 11.4. The summed E-state index contributed by atoms with van der Waals surface area (Å²) in [6.07, 6.45) is 1.78. The molecule has 0 aromatic heterocycles. The fourth-order valence-electron chi connectivity index (χ4n) is 2.70. The number of hydrogen-bond acceptors (Lipinski definition) is 4. The molecule has 1 unspecified atom stereocenters. The van der Waals surface area contributed by atoms with Crippen LogP contribution in [0.15, 0.2) is 53.5 Å². The molecule has 0 spiro atoms.